The highest BCUT2D eigenvalue weighted by Crippen LogP contribution is 2.27. The van der Waals surface area contributed by atoms with E-state index in [2.05, 4.69) is 5.32 Å². The first-order valence-electron chi connectivity index (χ1n) is 6.42. The maximum absolute atomic E-state index is 10.9. The fraction of sp³-hybridized carbons (Fsp3) is 0.188. The van der Waals surface area contributed by atoms with E-state index in [4.69, 9.17) is 21.4 Å². The number of aryl methyl sites for hydroxylation is 1. The fourth-order valence-electron chi connectivity index (χ4n) is 2.08. The minimum absolute atomic E-state index is 0.272. The number of halogens is 1. The predicted octanol–water partition coefficient (Wildman–Crippen LogP) is 3.97. The number of rotatable bonds is 5. The standard InChI is InChI=1S/C16H16ClNO3/c1-10-8-11(16(19)20)6-7-14(10)18-9-12-13(17)4-3-5-15(12)21-2/h3-8,18H,9H2,1-2H3,(H,19,20). The first-order valence-corrected chi connectivity index (χ1v) is 6.80. The summed E-state index contributed by atoms with van der Waals surface area (Å²) >= 11 is 6.18. The van der Waals surface area contributed by atoms with E-state index in [-0.39, 0.29) is 5.56 Å². The minimum Gasteiger partial charge on any atom is -0.496 e. The van der Waals surface area contributed by atoms with Crippen LogP contribution in [0, 0.1) is 6.92 Å². The lowest BCUT2D eigenvalue weighted by Gasteiger charge is -2.14. The van der Waals surface area contributed by atoms with Crippen LogP contribution in [-0.2, 0) is 6.54 Å². The molecule has 0 aliphatic heterocycles. The van der Waals surface area contributed by atoms with Crippen molar-refractivity contribution in [2.24, 2.45) is 0 Å². The molecule has 0 amide bonds. The molecule has 2 aromatic carbocycles. The number of carboxylic acids is 1. The van der Waals surface area contributed by atoms with Crippen molar-refractivity contribution >= 4 is 23.3 Å². The van der Waals surface area contributed by atoms with Crippen molar-refractivity contribution in [1.29, 1.82) is 0 Å². The highest BCUT2D eigenvalue weighted by molar-refractivity contribution is 6.31. The van der Waals surface area contributed by atoms with Gasteiger partial charge in [0.05, 0.1) is 12.7 Å². The molecule has 2 N–H and O–H groups in total. The van der Waals surface area contributed by atoms with Crippen LogP contribution in [0.15, 0.2) is 36.4 Å². The highest BCUT2D eigenvalue weighted by atomic mass is 35.5. The number of carbonyl (C=O) groups is 1. The van der Waals surface area contributed by atoms with E-state index in [1.165, 1.54) is 0 Å². The van der Waals surface area contributed by atoms with Gasteiger partial charge in [-0.05, 0) is 42.8 Å². The second-order valence-corrected chi connectivity index (χ2v) is 5.02. The van der Waals surface area contributed by atoms with Gasteiger partial charge in [-0.15, -0.1) is 0 Å². The van der Waals surface area contributed by atoms with Crippen LogP contribution in [0.25, 0.3) is 0 Å². The highest BCUT2D eigenvalue weighted by Gasteiger charge is 2.09. The summed E-state index contributed by atoms with van der Waals surface area (Å²) in [5.74, 6) is -0.216. The molecule has 5 heteroatoms. The molecule has 0 aromatic heterocycles. The van der Waals surface area contributed by atoms with Gasteiger partial charge in [-0.1, -0.05) is 17.7 Å². The Morgan fingerprint density at radius 3 is 2.71 bits per heavy atom. The molecule has 0 bridgehead atoms. The zero-order chi connectivity index (χ0) is 15.4. The summed E-state index contributed by atoms with van der Waals surface area (Å²) in [6.07, 6.45) is 0. The third-order valence-corrected chi connectivity index (χ3v) is 3.58. The summed E-state index contributed by atoms with van der Waals surface area (Å²) in [6, 6.07) is 10.4. The first-order chi connectivity index (χ1) is 10.0. The number of aromatic carboxylic acids is 1. The molecule has 110 valence electrons. The molecule has 4 nitrogen and oxygen atoms in total. The Hall–Kier alpha value is -2.20. The second kappa shape index (κ2) is 6.50. The lowest BCUT2D eigenvalue weighted by molar-refractivity contribution is 0.0697. The molecule has 0 atom stereocenters. The Bertz CT molecular complexity index is 671. The Balaban J connectivity index is 2.19. The molecule has 0 fully saturated rings. The molecular weight excluding hydrogens is 290 g/mol. The maximum Gasteiger partial charge on any atom is 0.335 e. The number of ether oxygens (including phenoxy) is 1. The Labute approximate surface area is 128 Å². The number of methoxy groups -OCH3 is 1. The van der Waals surface area contributed by atoms with Gasteiger partial charge in [0, 0.05) is 22.8 Å². The molecule has 0 saturated carbocycles. The van der Waals surface area contributed by atoms with Crippen molar-refractivity contribution in [3.63, 3.8) is 0 Å². The van der Waals surface area contributed by atoms with Crippen LogP contribution < -0.4 is 10.1 Å². The number of benzene rings is 2. The van der Waals surface area contributed by atoms with Gasteiger partial charge < -0.3 is 15.2 Å². The zero-order valence-electron chi connectivity index (χ0n) is 11.8. The van der Waals surface area contributed by atoms with Crippen molar-refractivity contribution in [2.45, 2.75) is 13.5 Å². The molecule has 0 saturated heterocycles. The number of carboxylic acid groups (broad SMARTS) is 1. The van der Waals surface area contributed by atoms with Gasteiger partial charge >= 0.3 is 5.97 Å². The van der Waals surface area contributed by atoms with Crippen LogP contribution in [0.4, 0.5) is 5.69 Å². The third-order valence-electron chi connectivity index (χ3n) is 3.22. The molecule has 21 heavy (non-hydrogen) atoms. The molecular formula is C16H16ClNO3. The van der Waals surface area contributed by atoms with Gasteiger partial charge in [0.1, 0.15) is 5.75 Å². The Morgan fingerprint density at radius 1 is 1.33 bits per heavy atom. The van der Waals surface area contributed by atoms with Crippen LogP contribution in [0.1, 0.15) is 21.5 Å². The van der Waals surface area contributed by atoms with Crippen LogP contribution in [0.2, 0.25) is 5.02 Å². The summed E-state index contributed by atoms with van der Waals surface area (Å²) in [5, 5.41) is 12.8. The van der Waals surface area contributed by atoms with Crippen molar-refractivity contribution in [3.8, 4) is 5.75 Å². The monoisotopic (exact) mass is 305 g/mol. The molecule has 0 radical (unpaired) electrons. The van der Waals surface area contributed by atoms with Crippen LogP contribution in [0.3, 0.4) is 0 Å². The average Bonchev–Trinajstić information content (AvgIpc) is 2.46. The number of nitrogens with one attached hydrogen (secondary N) is 1. The predicted molar refractivity (Wildman–Crippen MR) is 83.5 cm³/mol. The van der Waals surface area contributed by atoms with E-state index < -0.39 is 5.97 Å². The second-order valence-electron chi connectivity index (χ2n) is 4.61. The van der Waals surface area contributed by atoms with E-state index >= 15 is 0 Å². The van der Waals surface area contributed by atoms with Crippen molar-refractivity contribution in [2.75, 3.05) is 12.4 Å². The Kier molecular flexibility index (Phi) is 4.70. The quantitative estimate of drug-likeness (QED) is 0.877. The number of hydrogen-bond donors (Lipinski definition) is 2. The fourth-order valence-corrected chi connectivity index (χ4v) is 2.31. The minimum atomic E-state index is -0.933. The molecule has 0 aliphatic carbocycles. The molecule has 0 heterocycles. The summed E-state index contributed by atoms with van der Waals surface area (Å²) in [6.45, 7) is 2.36. The topological polar surface area (TPSA) is 58.6 Å². The maximum atomic E-state index is 10.9. The first kappa shape index (κ1) is 15.2. The van der Waals surface area contributed by atoms with Crippen LogP contribution in [0.5, 0.6) is 5.75 Å². The average molecular weight is 306 g/mol. The van der Waals surface area contributed by atoms with Gasteiger partial charge in [0.25, 0.3) is 0 Å². The van der Waals surface area contributed by atoms with Crippen LogP contribution in [-0.4, -0.2) is 18.2 Å². The van der Waals surface area contributed by atoms with Gasteiger partial charge in [0.2, 0.25) is 0 Å². The summed E-state index contributed by atoms with van der Waals surface area (Å²) < 4.78 is 5.29. The van der Waals surface area contributed by atoms with Crippen molar-refractivity contribution in [1.82, 2.24) is 0 Å². The number of anilines is 1. The van der Waals surface area contributed by atoms with Gasteiger partial charge in [-0.25, -0.2) is 4.79 Å². The lowest BCUT2D eigenvalue weighted by Crippen LogP contribution is -2.05. The lowest BCUT2D eigenvalue weighted by atomic mass is 10.1. The van der Waals surface area contributed by atoms with Crippen molar-refractivity contribution in [3.05, 3.63) is 58.1 Å². The van der Waals surface area contributed by atoms with Gasteiger partial charge in [-0.2, -0.15) is 0 Å². The molecule has 0 aliphatic rings. The zero-order valence-corrected chi connectivity index (χ0v) is 12.6. The van der Waals surface area contributed by atoms with Gasteiger partial charge in [0.15, 0.2) is 0 Å². The molecule has 2 rings (SSSR count). The van der Waals surface area contributed by atoms with E-state index in [0.717, 1.165) is 22.6 Å². The van der Waals surface area contributed by atoms with Gasteiger partial charge in [-0.3, -0.25) is 0 Å². The molecule has 2 aromatic rings. The van der Waals surface area contributed by atoms with E-state index in [1.807, 2.05) is 25.1 Å². The summed E-state index contributed by atoms with van der Waals surface area (Å²) in [7, 11) is 1.60. The number of hydrogen-bond acceptors (Lipinski definition) is 3. The van der Waals surface area contributed by atoms with Crippen molar-refractivity contribution < 1.29 is 14.6 Å². The Morgan fingerprint density at radius 2 is 2.10 bits per heavy atom. The van der Waals surface area contributed by atoms with E-state index in [1.54, 1.807) is 25.3 Å². The summed E-state index contributed by atoms with van der Waals surface area (Å²) in [4.78, 5) is 10.9. The van der Waals surface area contributed by atoms with E-state index in [0.29, 0.717) is 11.6 Å². The third kappa shape index (κ3) is 3.47. The summed E-state index contributed by atoms with van der Waals surface area (Å²) in [5.41, 5.74) is 2.86. The SMILES string of the molecule is COc1cccc(Cl)c1CNc1ccc(C(=O)O)cc1C. The normalized spacial score (nSPS) is 10.2. The largest absolute Gasteiger partial charge is 0.496 e. The smallest absolute Gasteiger partial charge is 0.335 e. The molecule has 0 spiro atoms. The van der Waals surface area contributed by atoms with E-state index in [9.17, 15) is 4.79 Å². The molecule has 0 unspecified atom stereocenters. The van der Waals surface area contributed by atoms with Crippen LogP contribution >= 0.6 is 11.6 Å².